The molecule has 1 saturated heterocycles. The summed E-state index contributed by atoms with van der Waals surface area (Å²) in [7, 11) is -1.72. The maximum absolute atomic E-state index is 15.7. The van der Waals surface area contributed by atoms with Gasteiger partial charge in [-0.15, -0.1) is 0 Å². The number of aliphatic hydroxyl groups is 1. The van der Waals surface area contributed by atoms with Crippen LogP contribution in [0.5, 0.6) is 5.75 Å². The number of hydrogen-bond donors (Lipinski definition) is 1. The van der Waals surface area contributed by atoms with Crippen LogP contribution in [-0.2, 0) is 26.5 Å². The molecule has 2 amide bonds. The van der Waals surface area contributed by atoms with Gasteiger partial charge in [0.1, 0.15) is 5.75 Å². The summed E-state index contributed by atoms with van der Waals surface area (Å²) in [5.74, 6) is -0.129. The molecule has 0 unspecified atom stereocenters. The first-order chi connectivity index (χ1) is 19.1. The molecule has 3 aromatic rings. The summed E-state index contributed by atoms with van der Waals surface area (Å²) >= 11 is 0. The Labute approximate surface area is 235 Å². The summed E-state index contributed by atoms with van der Waals surface area (Å²) in [5, 5.41) is 9.76. The number of ether oxygens (including phenoxy) is 2. The van der Waals surface area contributed by atoms with E-state index in [0.29, 0.717) is 22.7 Å². The molecule has 3 aromatic carbocycles. The molecular formula is C31H35FN2O5Si. The minimum atomic E-state index is -3.28. The average molecular weight is 563 g/mol. The van der Waals surface area contributed by atoms with Crippen molar-refractivity contribution in [3.63, 3.8) is 0 Å². The number of anilines is 3. The number of carbonyl (C=O) groups is 2. The van der Waals surface area contributed by atoms with Crippen molar-refractivity contribution >= 4 is 37.8 Å². The van der Waals surface area contributed by atoms with Gasteiger partial charge in [-0.3, -0.25) is 14.5 Å². The van der Waals surface area contributed by atoms with Crippen LogP contribution in [0.15, 0.2) is 72.8 Å². The third-order valence-corrected chi connectivity index (χ3v) is 10.7. The van der Waals surface area contributed by atoms with Gasteiger partial charge in [0.25, 0.3) is 5.91 Å². The Morgan fingerprint density at radius 1 is 1.10 bits per heavy atom. The van der Waals surface area contributed by atoms with E-state index < -0.39 is 31.6 Å². The molecule has 2 aliphatic heterocycles. The normalized spacial score (nSPS) is 23.9. The summed E-state index contributed by atoms with van der Waals surface area (Å²) in [6, 6.07) is 22.3. The fraction of sp³-hybridized carbons (Fsp3) is 0.355. The van der Waals surface area contributed by atoms with Crippen molar-refractivity contribution in [3.8, 4) is 5.75 Å². The zero-order chi connectivity index (χ0) is 28.7. The van der Waals surface area contributed by atoms with E-state index >= 15 is 4.11 Å². The lowest BCUT2D eigenvalue weighted by Crippen LogP contribution is -2.45. The van der Waals surface area contributed by atoms with E-state index in [4.69, 9.17) is 9.47 Å². The Bertz CT molecular complexity index is 1400. The van der Waals surface area contributed by atoms with Crippen molar-refractivity contribution in [2.75, 3.05) is 23.5 Å². The zero-order valence-corrected chi connectivity index (χ0v) is 24.2. The largest absolute Gasteiger partial charge is 0.497 e. The number of amides is 2. The third-order valence-electron chi connectivity index (χ3n) is 8.25. The first-order valence-electron chi connectivity index (χ1n) is 13.5. The van der Waals surface area contributed by atoms with Crippen LogP contribution >= 0.6 is 0 Å². The molecule has 5 rings (SSSR count). The van der Waals surface area contributed by atoms with Gasteiger partial charge < -0.3 is 23.6 Å². The summed E-state index contributed by atoms with van der Waals surface area (Å²) in [4.78, 5) is 29.7. The van der Waals surface area contributed by atoms with Crippen molar-refractivity contribution in [1.29, 1.82) is 0 Å². The van der Waals surface area contributed by atoms with Crippen LogP contribution in [0.1, 0.15) is 24.5 Å². The molecule has 1 N–H and O–H groups in total. The summed E-state index contributed by atoms with van der Waals surface area (Å²) in [6.45, 7) is 5.25. The van der Waals surface area contributed by atoms with Gasteiger partial charge in [-0.1, -0.05) is 37.3 Å². The second-order valence-electron chi connectivity index (χ2n) is 11.0. The molecule has 2 heterocycles. The zero-order valence-electron chi connectivity index (χ0n) is 23.2. The standard InChI is InChI=1S/C31H35FN2O5Si/c1-21-29(40(3,4)32)28(15-16-35)39-31(21)26-18-25(38-2)13-14-27(26)33(30(31)37)19-22-9-8-12-24(17-22)34(20-36)23-10-6-5-7-11-23/h5-14,17-18,20-21,28-29,35H,15-16,19H2,1-4H3/t21-,28+,29-,31+/m0/s1. The van der Waals surface area contributed by atoms with Crippen molar-refractivity contribution in [3.05, 3.63) is 83.9 Å². The smallest absolute Gasteiger partial charge is 0.264 e. The second kappa shape index (κ2) is 10.8. The van der Waals surface area contributed by atoms with Gasteiger partial charge in [-0.25, -0.2) is 0 Å². The molecule has 40 heavy (non-hydrogen) atoms. The minimum Gasteiger partial charge on any atom is -0.497 e. The van der Waals surface area contributed by atoms with E-state index in [1.54, 1.807) is 36.1 Å². The molecule has 4 atom stereocenters. The Hall–Kier alpha value is -3.53. The fourth-order valence-electron chi connectivity index (χ4n) is 6.55. The van der Waals surface area contributed by atoms with Crippen molar-refractivity contribution in [2.45, 2.75) is 50.2 Å². The molecule has 1 spiro atoms. The van der Waals surface area contributed by atoms with Gasteiger partial charge in [-0.05, 0) is 67.5 Å². The van der Waals surface area contributed by atoms with Gasteiger partial charge in [0.2, 0.25) is 14.8 Å². The molecule has 0 radical (unpaired) electrons. The van der Waals surface area contributed by atoms with Crippen molar-refractivity contribution in [2.24, 2.45) is 5.92 Å². The van der Waals surface area contributed by atoms with E-state index in [1.807, 2.05) is 73.7 Å². The first kappa shape index (κ1) is 28.0. The average Bonchev–Trinajstić information content (AvgIpc) is 3.36. The van der Waals surface area contributed by atoms with Gasteiger partial charge in [0, 0.05) is 35.0 Å². The highest BCUT2D eigenvalue weighted by Crippen LogP contribution is 2.60. The number of hydrogen-bond acceptors (Lipinski definition) is 5. The van der Waals surface area contributed by atoms with E-state index in [-0.39, 0.29) is 25.5 Å². The molecule has 7 nitrogen and oxygen atoms in total. The minimum absolute atomic E-state index is 0.154. The monoisotopic (exact) mass is 562 g/mol. The summed E-state index contributed by atoms with van der Waals surface area (Å²) in [6.07, 6.45) is 0.446. The van der Waals surface area contributed by atoms with Crippen molar-refractivity contribution in [1.82, 2.24) is 0 Å². The Morgan fingerprint density at radius 3 is 2.48 bits per heavy atom. The number of aliphatic hydroxyl groups excluding tert-OH is 1. The molecule has 2 aliphatic rings. The van der Waals surface area contributed by atoms with Gasteiger partial charge in [0.05, 0.1) is 25.4 Å². The second-order valence-corrected chi connectivity index (χ2v) is 14.8. The van der Waals surface area contributed by atoms with E-state index in [1.165, 1.54) is 0 Å². The van der Waals surface area contributed by atoms with E-state index in [0.717, 1.165) is 17.7 Å². The fourth-order valence-corrected chi connectivity index (χ4v) is 9.10. The van der Waals surface area contributed by atoms with Gasteiger partial charge >= 0.3 is 0 Å². The van der Waals surface area contributed by atoms with Crippen molar-refractivity contribution < 1.29 is 28.3 Å². The van der Waals surface area contributed by atoms with Crippen LogP contribution in [0.25, 0.3) is 0 Å². The lowest BCUT2D eigenvalue weighted by molar-refractivity contribution is -0.146. The lowest BCUT2D eigenvalue weighted by atomic mass is 9.82. The topological polar surface area (TPSA) is 79.3 Å². The summed E-state index contributed by atoms with van der Waals surface area (Å²) in [5.41, 5.74) is 1.70. The quantitative estimate of drug-likeness (QED) is 0.206. The van der Waals surface area contributed by atoms with Gasteiger partial charge in [-0.2, -0.15) is 0 Å². The molecule has 0 aliphatic carbocycles. The predicted octanol–water partition coefficient (Wildman–Crippen LogP) is 5.69. The number of nitrogens with zero attached hydrogens (tertiary/aromatic N) is 2. The number of para-hydroxylation sites is 1. The molecule has 0 bridgehead atoms. The number of methoxy groups -OCH3 is 1. The molecule has 1 fully saturated rings. The number of fused-ring (bicyclic) bond motifs is 2. The molecule has 0 saturated carbocycles. The molecule has 9 heteroatoms. The van der Waals surface area contributed by atoms with E-state index in [2.05, 4.69) is 0 Å². The van der Waals surface area contributed by atoms with Crippen LogP contribution < -0.4 is 14.5 Å². The third kappa shape index (κ3) is 4.61. The van der Waals surface area contributed by atoms with Crippen LogP contribution in [0, 0.1) is 5.92 Å². The highest BCUT2D eigenvalue weighted by Gasteiger charge is 2.66. The van der Waals surface area contributed by atoms with Gasteiger partial charge in [0.15, 0.2) is 5.60 Å². The lowest BCUT2D eigenvalue weighted by Gasteiger charge is -2.31. The highest BCUT2D eigenvalue weighted by molar-refractivity contribution is 6.72. The van der Waals surface area contributed by atoms with Crippen LogP contribution in [0.2, 0.25) is 18.6 Å². The number of halogens is 1. The van der Waals surface area contributed by atoms with E-state index in [9.17, 15) is 14.7 Å². The molecule has 210 valence electrons. The van der Waals surface area contributed by atoms with Crippen LogP contribution in [0.4, 0.5) is 21.2 Å². The number of rotatable bonds is 9. The summed E-state index contributed by atoms with van der Waals surface area (Å²) < 4.78 is 27.8. The highest BCUT2D eigenvalue weighted by atomic mass is 28.4. The molecular weight excluding hydrogens is 527 g/mol. The number of benzene rings is 3. The Balaban J connectivity index is 1.56. The SMILES string of the molecule is COc1ccc2c(c1)[C@@]1(O[C@H](CCO)[C@@H]([Si](C)(C)F)[C@@H]1C)C(=O)N2Cc1cccc(N(C=O)c2ccccc2)c1. The van der Waals surface area contributed by atoms with Crippen LogP contribution in [0.3, 0.4) is 0 Å². The number of carbonyl (C=O) groups excluding carboxylic acids is 2. The first-order valence-corrected chi connectivity index (χ1v) is 16.5. The maximum atomic E-state index is 15.7. The maximum Gasteiger partial charge on any atom is 0.264 e. The Kier molecular flexibility index (Phi) is 7.56. The predicted molar refractivity (Wildman–Crippen MR) is 155 cm³/mol. The Morgan fingerprint density at radius 2 is 1.82 bits per heavy atom. The molecule has 0 aromatic heterocycles. The van der Waals surface area contributed by atoms with Crippen LogP contribution in [-0.4, -0.2) is 45.7 Å².